The van der Waals surface area contributed by atoms with Crippen LogP contribution in [0.15, 0.2) is 54.6 Å². The summed E-state index contributed by atoms with van der Waals surface area (Å²) in [7, 11) is 0. The molecule has 0 bridgehead atoms. The molecule has 30 heavy (non-hydrogen) atoms. The number of benzene rings is 2. The van der Waals surface area contributed by atoms with Gasteiger partial charge >= 0.3 is 6.03 Å². The van der Waals surface area contributed by atoms with Crippen LogP contribution in [0.4, 0.5) is 10.5 Å². The molecule has 1 N–H and O–H groups in total. The fourth-order valence-corrected chi connectivity index (χ4v) is 5.49. The lowest BCUT2D eigenvalue weighted by molar-refractivity contribution is -0.154. The molecule has 3 heterocycles. The molecular weight excluding hydrogens is 378 g/mol. The van der Waals surface area contributed by atoms with Crippen LogP contribution in [0.1, 0.15) is 37.3 Å². The van der Waals surface area contributed by atoms with Gasteiger partial charge in [-0.25, -0.2) is 4.79 Å². The smallest absolute Gasteiger partial charge is 0.331 e. The number of fused-ring (bicyclic) bond motifs is 4. The first kappa shape index (κ1) is 18.9. The van der Waals surface area contributed by atoms with Gasteiger partial charge in [0.1, 0.15) is 0 Å². The number of carbonyl (C=O) groups excluding carboxylic acids is 3. The van der Waals surface area contributed by atoms with E-state index < -0.39 is 17.4 Å². The van der Waals surface area contributed by atoms with Crippen molar-refractivity contribution in [2.24, 2.45) is 5.41 Å². The van der Waals surface area contributed by atoms with Crippen LogP contribution in [-0.4, -0.2) is 41.4 Å². The zero-order chi connectivity index (χ0) is 21.0. The normalized spacial score (nSPS) is 28.0. The minimum absolute atomic E-state index is 0.213. The number of urea groups is 1. The Morgan fingerprint density at radius 3 is 2.43 bits per heavy atom. The predicted octanol–water partition coefficient (Wildman–Crippen LogP) is 3.08. The van der Waals surface area contributed by atoms with Crippen LogP contribution in [0.5, 0.6) is 0 Å². The van der Waals surface area contributed by atoms with Crippen LogP contribution in [0.3, 0.4) is 0 Å². The Bertz CT molecular complexity index is 1040. The summed E-state index contributed by atoms with van der Waals surface area (Å²) < 4.78 is 0. The van der Waals surface area contributed by atoms with E-state index in [1.807, 2.05) is 36.4 Å². The second kappa shape index (κ2) is 6.69. The highest BCUT2D eigenvalue weighted by atomic mass is 16.2. The van der Waals surface area contributed by atoms with Crippen molar-refractivity contribution in [3.05, 3.63) is 65.7 Å². The molecule has 3 aliphatic rings. The lowest BCUT2D eigenvalue weighted by atomic mass is 9.68. The van der Waals surface area contributed by atoms with Crippen LogP contribution in [0.2, 0.25) is 0 Å². The van der Waals surface area contributed by atoms with Gasteiger partial charge in [0.05, 0.1) is 6.04 Å². The minimum Gasteiger partial charge on any atom is -0.366 e. The van der Waals surface area contributed by atoms with Crippen LogP contribution >= 0.6 is 0 Å². The Morgan fingerprint density at radius 2 is 1.70 bits per heavy atom. The SMILES string of the molecule is CC(C)N1C(=O)NC(=O)C2(Cc3ccccc3N3CC(c4ccccc4)CC32)C1=O. The minimum atomic E-state index is -1.30. The van der Waals surface area contributed by atoms with Crippen LogP contribution in [0, 0.1) is 5.41 Å². The van der Waals surface area contributed by atoms with E-state index in [0.29, 0.717) is 12.8 Å². The maximum Gasteiger partial charge on any atom is 0.331 e. The molecule has 2 aromatic carbocycles. The molecule has 0 radical (unpaired) electrons. The molecular formula is C24H25N3O3. The highest BCUT2D eigenvalue weighted by molar-refractivity contribution is 6.20. The monoisotopic (exact) mass is 403 g/mol. The number of para-hydroxylation sites is 1. The Hall–Kier alpha value is -3.15. The standard InChI is InChI=1S/C24H25N3O3/c1-15(2)27-22(29)24(21(28)25-23(27)30)13-17-10-6-7-11-19(17)26-14-18(12-20(24)26)16-8-4-3-5-9-16/h3-11,15,18,20H,12-14H2,1-2H3,(H,25,28,30). The molecule has 6 nitrogen and oxygen atoms in total. The molecule has 0 saturated carbocycles. The summed E-state index contributed by atoms with van der Waals surface area (Å²) in [5.74, 6) is -0.623. The Morgan fingerprint density at radius 1 is 1.00 bits per heavy atom. The molecule has 5 rings (SSSR count). The van der Waals surface area contributed by atoms with E-state index in [4.69, 9.17) is 0 Å². The van der Waals surface area contributed by atoms with Gasteiger partial charge in [0.2, 0.25) is 11.8 Å². The third-order valence-corrected chi connectivity index (χ3v) is 6.87. The van der Waals surface area contributed by atoms with Crippen LogP contribution < -0.4 is 10.2 Å². The van der Waals surface area contributed by atoms with Crippen molar-refractivity contribution in [3.8, 4) is 0 Å². The van der Waals surface area contributed by atoms with Crippen molar-refractivity contribution in [1.29, 1.82) is 0 Å². The zero-order valence-corrected chi connectivity index (χ0v) is 17.2. The van der Waals surface area contributed by atoms with Gasteiger partial charge in [-0.3, -0.25) is 19.8 Å². The Balaban J connectivity index is 1.65. The van der Waals surface area contributed by atoms with Gasteiger partial charge in [-0.05, 0) is 43.9 Å². The number of hydrogen-bond acceptors (Lipinski definition) is 4. The van der Waals surface area contributed by atoms with Crippen molar-refractivity contribution < 1.29 is 14.4 Å². The summed E-state index contributed by atoms with van der Waals surface area (Å²) in [5, 5.41) is 2.50. The van der Waals surface area contributed by atoms with Crippen molar-refractivity contribution in [2.45, 2.75) is 44.7 Å². The van der Waals surface area contributed by atoms with Gasteiger partial charge in [-0.2, -0.15) is 0 Å². The Kier molecular flexibility index (Phi) is 4.20. The van der Waals surface area contributed by atoms with Crippen molar-refractivity contribution in [3.63, 3.8) is 0 Å². The third-order valence-electron chi connectivity index (χ3n) is 6.87. The molecule has 1 spiro atoms. The number of nitrogens with zero attached hydrogens (tertiary/aromatic N) is 2. The van der Waals surface area contributed by atoms with Crippen molar-refractivity contribution in [1.82, 2.24) is 10.2 Å². The quantitative estimate of drug-likeness (QED) is 0.783. The number of barbiturate groups is 1. The van der Waals surface area contributed by atoms with Crippen LogP contribution in [-0.2, 0) is 16.0 Å². The average molecular weight is 403 g/mol. The van der Waals surface area contributed by atoms with Crippen LogP contribution in [0.25, 0.3) is 0 Å². The molecule has 4 amide bonds. The van der Waals surface area contributed by atoms with E-state index in [2.05, 4.69) is 28.4 Å². The fraction of sp³-hybridized carbons (Fsp3) is 0.375. The summed E-state index contributed by atoms with van der Waals surface area (Å²) in [5.41, 5.74) is 1.97. The lowest BCUT2D eigenvalue weighted by Crippen LogP contribution is -2.72. The number of imide groups is 2. The molecule has 2 saturated heterocycles. The number of amides is 4. The molecule has 3 unspecified atom stereocenters. The molecule has 3 aliphatic heterocycles. The zero-order valence-electron chi connectivity index (χ0n) is 17.2. The molecule has 0 aromatic heterocycles. The fourth-order valence-electron chi connectivity index (χ4n) is 5.49. The second-order valence-electron chi connectivity index (χ2n) is 8.82. The highest BCUT2D eigenvalue weighted by Crippen LogP contribution is 2.51. The molecule has 0 aliphatic carbocycles. The maximum atomic E-state index is 13.8. The largest absolute Gasteiger partial charge is 0.366 e. The Labute approximate surface area is 175 Å². The third kappa shape index (κ3) is 2.52. The van der Waals surface area contributed by atoms with Gasteiger partial charge in [0.25, 0.3) is 0 Å². The van der Waals surface area contributed by atoms with E-state index in [9.17, 15) is 14.4 Å². The first-order valence-electron chi connectivity index (χ1n) is 10.5. The maximum absolute atomic E-state index is 13.8. The molecule has 2 fully saturated rings. The van der Waals surface area contributed by atoms with Crippen molar-refractivity contribution >= 4 is 23.5 Å². The number of carbonyl (C=O) groups is 3. The summed E-state index contributed by atoms with van der Waals surface area (Å²) >= 11 is 0. The van der Waals surface area contributed by atoms with E-state index in [0.717, 1.165) is 17.8 Å². The van der Waals surface area contributed by atoms with E-state index in [1.54, 1.807) is 13.8 Å². The van der Waals surface area contributed by atoms with E-state index >= 15 is 0 Å². The molecule has 6 heteroatoms. The molecule has 154 valence electrons. The summed E-state index contributed by atoms with van der Waals surface area (Å²) in [6.07, 6.45) is 1.00. The first-order valence-corrected chi connectivity index (χ1v) is 10.5. The summed E-state index contributed by atoms with van der Waals surface area (Å²) in [4.78, 5) is 43.0. The number of anilines is 1. The first-order chi connectivity index (χ1) is 14.4. The molecule has 3 atom stereocenters. The van der Waals surface area contributed by atoms with Gasteiger partial charge in [0.15, 0.2) is 5.41 Å². The number of nitrogens with one attached hydrogen (secondary N) is 1. The van der Waals surface area contributed by atoms with Gasteiger partial charge in [0, 0.05) is 24.2 Å². The number of hydrogen-bond donors (Lipinski definition) is 1. The summed E-state index contributed by atoms with van der Waals surface area (Å²) in [6, 6.07) is 17.0. The predicted molar refractivity (Wildman–Crippen MR) is 113 cm³/mol. The molecule has 2 aromatic rings. The van der Waals surface area contributed by atoms with E-state index in [1.165, 1.54) is 10.5 Å². The average Bonchev–Trinajstić information content (AvgIpc) is 3.18. The topological polar surface area (TPSA) is 69.7 Å². The highest BCUT2D eigenvalue weighted by Gasteiger charge is 2.64. The lowest BCUT2D eigenvalue weighted by Gasteiger charge is -2.50. The van der Waals surface area contributed by atoms with Gasteiger partial charge in [-0.1, -0.05) is 48.5 Å². The number of rotatable bonds is 2. The second-order valence-corrected chi connectivity index (χ2v) is 8.82. The van der Waals surface area contributed by atoms with Gasteiger partial charge < -0.3 is 4.90 Å². The van der Waals surface area contributed by atoms with Crippen molar-refractivity contribution in [2.75, 3.05) is 11.4 Å². The van der Waals surface area contributed by atoms with Gasteiger partial charge in [-0.15, -0.1) is 0 Å². The van der Waals surface area contributed by atoms with E-state index in [-0.39, 0.29) is 23.9 Å². The summed E-state index contributed by atoms with van der Waals surface area (Å²) in [6.45, 7) is 4.34.